The van der Waals surface area contributed by atoms with Gasteiger partial charge in [0.15, 0.2) is 0 Å². The van der Waals surface area contributed by atoms with E-state index in [0.29, 0.717) is 0 Å². The van der Waals surface area contributed by atoms with Gasteiger partial charge in [-0.2, -0.15) is 0 Å². The van der Waals surface area contributed by atoms with E-state index in [1.807, 2.05) is 6.92 Å². The molecule has 0 nitrogen and oxygen atoms in total. The summed E-state index contributed by atoms with van der Waals surface area (Å²) >= 11 is 0. The second kappa shape index (κ2) is 4.06. The van der Waals surface area contributed by atoms with Crippen molar-refractivity contribution in [2.24, 2.45) is 0 Å². The molecule has 0 aliphatic heterocycles. The Bertz CT molecular complexity index is 705. The van der Waals surface area contributed by atoms with E-state index in [2.05, 4.69) is 66.7 Å². The molecule has 3 aromatic rings. The van der Waals surface area contributed by atoms with Crippen LogP contribution < -0.4 is 0 Å². The summed E-state index contributed by atoms with van der Waals surface area (Å²) in [5.74, 6) is 0. The third kappa shape index (κ3) is 1.72. The monoisotopic (exact) mass is 218 g/mol. The lowest BCUT2D eigenvalue weighted by molar-refractivity contribution is 1.70. The highest BCUT2D eigenvalue weighted by Crippen LogP contribution is 2.26. The third-order valence-corrected chi connectivity index (χ3v) is 3.13. The second-order valence-electron chi connectivity index (χ2n) is 4.27. The van der Waals surface area contributed by atoms with Crippen molar-refractivity contribution in [3.05, 3.63) is 66.2 Å². The average Bonchev–Trinajstić information content (AvgIpc) is 2.39. The van der Waals surface area contributed by atoms with Gasteiger partial charge in [0.25, 0.3) is 0 Å². The SMILES string of the molecule is CC=Cc1ccc2c(ccc3ccccc32)c1. The molecule has 0 amide bonds. The lowest BCUT2D eigenvalue weighted by atomic mass is 10.0. The smallest absolute Gasteiger partial charge is 0.0105 e. The van der Waals surface area contributed by atoms with Crippen LogP contribution in [0.3, 0.4) is 0 Å². The van der Waals surface area contributed by atoms with Gasteiger partial charge in [0.2, 0.25) is 0 Å². The molecule has 0 radical (unpaired) electrons. The van der Waals surface area contributed by atoms with Gasteiger partial charge in [-0.15, -0.1) is 0 Å². The predicted octanol–water partition coefficient (Wildman–Crippen LogP) is 5.03. The number of rotatable bonds is 1. The molecule has 0 aliphatic rings. The van der Waals surface area contributed by atoms with Crippen LogP contribution in [0.4, 0.5) is 0 Å². The van der Waals surface area contributed by atoms with Crippen LogP contribution in [0.5, 0.6) is 0 Å². The summed E-state index contributed by atoms with van der Waals surface area (Å²) in [6.45, 7) is 2.05. The van der Waals surface area contributed by atoms with Crippen LogP contribution in [0.1, 0.15) is 12.5 Å². The van der Waals surface area contributed by atoms with Crippen molar-refractivity contribution >= 4 is 27.6 Å². The van der Waals surface area contributed by atoms with E-state index in [-0.39, 0.29) is 0 Å². The van der Waals surface area contributed by atoms with Gasteiger partial charge in [0.05, 0.1) is 0 Å². The van der Waals surface area contributed by atoms with Crippen molar-refractivity contribution in [3.63, 3.8) is 0 Å². The molecule has 0 heterocycles. The molecule has 0 saturated heterocycles. The second-order valence-corrected chi connectivity index (χ2v) is 4.27. The lowest BCUT2D eigenvalue weighted by Gasteiger charge is -2.04. The first-order chi connectivity index (χ1) is 8.38. The lowest BCUT2D eigenvalue weighted by Crippen LogP contribution is -1.79. The molecule has 0 fully saturated rings. The maximum Gasteiger partial charge on any atom is -0.0105 e. The molecule has 0 N–H and O–H groups in total. The molecular formula is C17H14. The number of hydrogen-bond acceptors (Lipinski definition) is 0. The number of benzene rings is 3. The Kier molecular flexibility index (Phi) is 2.41. The van der Waals surface area contributed by atoms with E-state index in [0.717, 1.165) is 0 Å². The third-order valence-electron chi connectivity index (χ3n) is 3.13. The quantitative estimate of drug-likeness (QED) is 0.503. The fraction of sp³-hybridized carbons (Fsp3) is 0.0588. The minimum Gasteiger partial charge on any atom is -0.0871 e. The van der Waals surface area contributed by atoms with Crippen LogP contribution in [0, 0.1) is 0 Å². The fourth-order valence-electron chi connectivity index (χ4n) is 2.33. The molecule has 0 spiro atoms. The maximum atomic E-state index is 2.24. The standard InChI is InChI=1S/C17H14/c1-2-5-13-8-11-17-15(12-13)10-9-14-6-3-4-7-16(14)17/h2-12H,1H3. The van der Waals surface area contributed by atoms with Crippen molar-refractivity contribution in [1.82, 2.24) is 0 Å². The molecule has 3 rings (SSSR count). The molecule has 0 aromatic heterocycles. The van der Waals surface area contributed by atoms with Gasteiger partial charge in [-0.25, -0.2) is 0 Å². The zero-order valence-electron chi connectivity index (χ0n) is 9.85. The highest BCUT2D eigenvalue weighted by molar-refractivity contribution is 6.07. The Hall–Kier alpha value is -2.08. The van der Waals surface area contributed by atoms with Crippen LogP contribution in [-0.4, -0.2) is 0 Å². The average molecular weight is 218 g/mol. The first-order valence-corrected chi connectivity index (χ1v) is 5.93. The topological polar surface area (TPSA) is 0 Å². The molecule has 0 aliphatic carbocycles. The summed E-state index contributed by atoms with van der Waals surface area (Å²) in [6, 6.07) is 19.6. The summed E-state index contributed by atoms with van der Waals surface area (Å²) < 4.78 is 0. The van der Waals surface area contributed by atoms with Crippen molar-refractivity contribution < 1.29 is 0 Å². The maximum absolute atomic E-state index is 2.24. The Balaban J connectivity index is 2.37. The highest BCUT2D eigenvalue weighted by Gasteiger charge is 1.99. The first-order valence-electron chi connectivity index (χ1n) is 5.93. The zero-order valence-corrected chi connectivity index (χ0v) is 9.85. The number of allylic oxidation sites excluding steroid dienone is 1. The van der Waals surface area contributed by atoms with Gasteiger partial charge >= 0.3 is 0 Å². The Morgan fingerprint density at radius 2 is 1.53 bits per heavy atom. The molecule has 0 heteroatoms. The van der Waals surface area contributed by atoms with Crippen LogP contribution >= 0.6 is 0 Å². The van der Waals surface area contributed by atoms with Gasteiger partial charge in [0, 0.05) is 0 Å². The zero-order chi connectivity index (χ0) is 11.7. The normalized spacial score (nSPS) is 11.6. The molecule has 3 aromatic carbocycles. The fourth-order valence-corrected chi connectivity index (χ4v) is 2.33. The predicted molar refractivity (Wildman–Crippen MR) is 76.2 cm³/mol. The first kappa shape index (κ1) is 10.1. The molecule has 0 atom stereocenters. The molecule has 17 heavy (non-hydrogen) atoms. The van der Waals surface area contributed by atoms with E-state index in [4.69, 9.17) is 0 Å². The molecular weight excluding hydrogens is 204 g/mol. The van der Waals surface area contributed by atoms with Gasteiger partial charge in [0.1, 0.15) is 0 Å². The van der Waals surface area contributed by atoms with Gasteiger partial charge in [-0.05, 0) is 40.1 Å². The van der Waals surface area contributed by atoms with Gasteiger partial charge < -0.3 is 0 Å². The molecule has 0 saturated carbocycles. The number of fused-ring (bicyclic) bond motifs is 3. The van der Waals surface area contributed by atoms with E-state index < -0.39 is 0 Å². The van der Waals surface area contributed by atoms with Crippen LogP contribution in [-0.2, 0) is 0 Å². The van der Waals surface area contributed by atoms with Crippen molar-refractivity contribution in [2.75, 3.05) is 0 Å². The van der Waals surface area contributed by atoms with E-state index >= 15 is 0 Å². The van der Waals surface area contributed by atoms with Crippen molar-refractivity contribution in [2.45, 2.75) is 6.92 Å². The van der Waals surface area contributed by atoms with E-state index in [1.54, 1.807) is 0 Å². The minimum absolute atomic E-state index is 1.26. The minimum atomic E-state index is 1.26. The van der Waals surface area contributed by atoms with Crippen molar-refractivity contribution in [1.29, 1.82) is 0 Å². The van der Waals surface area contributed by atoms with Crippen molar-refractivity contribution in [3.8, 4) is 0 Å². The Labute approximate surface area is 101 Å². The van der Waals surface area contributed by atoms with E-state index in [1.165, 1.54) is 27.1 Å². The summed E-state index contributed by atoms with van der Waals surface area (Å²) in [6.07, 6.45) is 4.21. The summed E-state index contributed by atoms with van der Waals surface area (Å²) in [4.78, 5) is 0. The van der Waals surface area contributed by atoms with Crippen LogP contribution in [0.2, 0.25) is 0 Å². The molecule has 0 unspecified atom stereocenters. The van der Waals surface area contributed by atoms with Gasteiger partial charge in [-0.3, -0.25) is 0 Å². The van der Waals surface area contributed by atoms with E-state index in [9.17, 15) is 0 Å². The number of hydrogen-bond donors (Lipinski definition) is 0. The Morgan fingerprint density at radius 3 is 2.41 bits per heavy atom. The summed E-state index contributed by atoms with van der Waals surface area (Å²) in [7, 11) is 0. The molecule has 82 valence electrons. The van der Waals surface area contributed by atoms with Crippen LogP contribution in [0.15, 0.2) is 60.7 Å². The Morgan fingerprint density at radius 1 is 0.765 bits per heavy atom. The van der Waals surface area contributed by atoms with Crippen LogP contribution in [0.25, 0.3) is 27.6 Å². The van der Waals surface area contributed by atoms with Gasteiger partial charge in [-0.1, -0.05) is 60.7 Å². The summed E-state index contributed by atoms with van der Waals surface area (Å²) in [5.41, 5.74) is 1.26. The largest absolute Gasteiger partial charge is 0.0871 e. The highest BCUT2D eigenvalue weighted by atomic mass is 14.0. The summed E-state index contributed by atoms with van der Waals surface area (Å²) in [5, 5.41) is 5.27. The molecule has 0 bridgehead atoms.